The molecule has 15 heteroatoms. The number of aromatic nitrogens is 2. The second-order valence-corrected chi connectivity index (χ2v) is 18.8. The van der Waals surface area contributed by atoms with Gasteiger partial charge < -0.3 is 36.4 Å². The van der Waals surface area contributed by atoms with Crippen LogP contribution in [0.1, 0.15) is 63.7 Å². The minimum Gasteiger partial charge on any atom is -0.395 e. The van der Waals surface area contributed by atoms with Crippen molar-refractivity contribution in [2.24, 2.45) is 5.92 Å². The van der Waals surface area contributed by atoms with Crippen molar-refractivity contribution in [3.05, 3.63) is 142 Å². The molecule has 0 radical (unpaired) electrons. The average molecular weight is 952 g/mol. The maximum absolute atomic E-state index is 16.6. The zero-order valence-corrected chi connectivity index (χ0v) is 39.2. The van der Waals surface area contributed by atoms with Crippen molar-refractivity contribution in [2.75, 3.05) is 75.0 Å². The Labute approximate surface area is 404 Å². The van der Waals surface area contributed by atoms with E-state index < -0.39 is 17.8 Å². The van der Waals surface area contributed by atoms with E-state index in [9.17, 15) is 14.7 Å². The number of aliphatic hydroxyl groups excluding tert-OH is 1. The summed E-state index contributed by atoms with van der Waals surface area (Å²) >= 11 is 6.70. The Morgan fingerprint density at radius 2 is 1.54 bits per heavy atom. The third-order valence-corrected chi connectivity index (χ3v) is 14.1. The summed E-state index contributed by atoms with van der Waals surface area (Å²) in [7, 11) is 0. The highest BCUT2D eigenvalue weighted by Crippen LogP contribution is 2.41. The molecule has 69 heavy (non-hydrogen) atoms. The number of morpholine rings is 1. The van der Waals surface area contributed by atoms with Crippen molar-refractivity contribution < 1.29 is 28.2 Å². The Kier molecular flexibility index (Phi) is 12.9. The van der Waals surface area contributed by atoms with Crippen LogP contribution in [0.4, 0.5) is 26.1 Å². The molecule has 2 aromatic heterocycles. The number of anilines is 3. The molecule has 0 saturated carbocycles. The fraction of sp³-hybridized carbons (Fsp3) is 0.296. The van der Waals surface area contributed by atoms with Crippen LogP contribution in [0.3, 0.4) is 0 Å². The lowest BCUT2D eigenvalue weighted by Crippen LogP contribution is -2.44. The first-order valence-electron chi connectivity index (χ1n) is 23.5. The van der Waals surface area contributed by atoms with Gasteiger partial charge in [0.15, 0.2) is 0 Å². The number of rotatable bonds is 11. The number of halogens is 3. The molecular formula is C54H53ClF2N8O4. The number of carbonyl (C=O) groups is 2. The molecule has 4 aromatic carbocycles. The van der Waals surface area contributed by atoms with Gasteiger partial charge in [-0.05, 0) is 106 Å². The zero-order chi connectivity index (χ0) is 47.9. The number of nitrogen functional groups attached to an aromatic ring is 1. The highest BCUT2D eigenvalue weighted by Gasteiger charge is 2.30. The van der Waals surface area contributed by atoms with E-state index in [-0.39, 0.29) is 53.4 Å². The van der Waals surface area contributed by atoms with E-state index in [0.717, 1.165) is 41.9 Å². The second kappa shape index (κ2) is 19.4. The zero-order valence-electron chi connectivity index (χ0n) is 38.4. The maximum atomic E-state index is 16.6. The first-order chi connectivity index (χ1) is 33.4. The van der Waals surface area contributed by atoms with E-state index in [1.54, 1.807) is 36.4 Å². The normalized spacial score (nSPS) is 18.3. The molecule has 2 amide bonds. The quantitative estimate of drug-likeness (QED) is 0.0796. The Hall–Kier alpha value is -6.71. The number of β-amino-alcohol motifs (C(OH)–C–C–N with tert-alkyl or cyclic N) is 1. The van der Waals surface area contributed by atoms with Crippen LogP contribution >= 0.6 is 11.6 Å². The summed E-state index contributed by atoms with van der Waals surface area (Å²) in [4.78, 5) is 39.5. The number of hydrogen-bond acceptors (Lipinski definition) is 10. The molecule has 0 bridgehead atoms. The number of aliphatic hydroxyl groups is 1. The SMILES string of the molecule is CC(C)[C@@H]1CN(c2ccc(-c3cc(-c4ccc5c(c4)C(Nc4nc(F)c(-c6ccc(C7=CCN(CCO)CC7)cc6)cc4-c4ccc6c(c4)CCNC6=O)CNC5=O)c(N)nc3Cl)c(F)c2)CCO1. The molecule has 4 aliphatic rings. The molecule has 12 nitrogen and oxygen atoms in total. The van der Waals surface area contributed by atoms with Gasteiger partial charge in [0.05, 0.1) is 25.4 Å². The van der Waals surface area contributed by atoms with Crippen molar-refractivity contribution in [1.82, 2.24) is 25.5 Å². The number of pyridine rings is 2. The van der Waals surface area contributed by atoms with Gasteiger partial charge in [0.25, 0.3) is 11.8 Å². The van der Waals surface area contributed by atoms with E-state index in [0.29, 0.717) is 95.2 Å². The van der Waals surface area contributed by atoms with Crippen LogP contribution in [0.25, 0.3) is 50.1 Å². The van der Waals surface area contributed by atoms with Crippen LogP contribution < -0.4 is 26.6 Å². The van der Waals surface area contributed by atoms with Gasteiger partial charge in [0, 0.05) is 90.4 Å². The average Bonchev–Trinajstić information content (AvgIpc) is 3.35. The monoisotopic (exact) mass is 950 g/mol. The van der Waals surface area contributed by atoms with Crippen LogP contribution in [0.15, 0.2) is 97.1 Å². The van der Waals surface area contributed by atoms with Crippen molar-refractivity contribution in [2.45, 2.75) is 38.8 Å². The number of carbonyl (C=O) groups excluding carboxylic acids is 2. The molecule has 4 aliphatic heterocycles. The van der Waals surface area contributed by atoms with Gasteiger partial charge in [0.1, 0.15) is 22.6 Å². The van der Waals surface area contributed by atoms with Crippen LogP contribution in [-0.4, -0.2) is 96.9 Å². The molecule has 6 heterocycles. The number of nitrogens with one attached hydrogen (secondary N) is 3. The van der Waals surface area contributed by atoms with Crippen LogP contribution in [0.5, 0.6) is 0 Å². The van der Waals surface area contributed by atoms with Gasteiger partial charge in [-0.2, -0.15) is 4.39 Å². The predicted octanol–water partition coefficient (Wildman–Crippen LogP) is 8.78. The first kappa shape index (κ1) is 46.0. The summed E-state index contributed by atoms with van der Waals surface area (Å²) in [5.74, 6) is -0.886. The van der Waals surface area contributed by atoms with Gasteiger partial charge >= 0.3 is 0 Å². The Morgan fingerprint density at radius 1 is 0.812 bits per heavy atom. The Morgan fingerprint density at radius 3 is 2.29 bits per heavy atom. The topological polar surface area (TPSA) is 158 Å². The van der Waals surface area contributed by atoms with Gasteiger partial charge in [0.2, 0.25) is 5.95 Å². The van der Waals surface area contributed by atoms with E-state index >= 15 is 8.78 Å². The fourth-order valence-corrected chi connectivity index (χ4v) is 10.1. The molecular weight excluding hydrogens is 898 g/mol. The van der Waals surface area contributed by atoms with Gasteiger partial charge in [-0.3, -0.25) is 14.5 Å². The number of nitrogens with two attached hydrogens (primary N) is 1. The number of fused-ring (bicyclic) bond motifs is 2. The minimum absolute atomic E-state index is 0.0434. The molecule has 354 valence electrons. The third kappa shape index (κ3) is 9.29. The molecule has 6 N–H and O–H groups in total. The molecule has 1 fully saturated rings. The van der Waals surface area contributed by atoms with Crippen molar-refractivity contribution in [3.8, 4) is 44.5 Å². The standard InChI is InChI=1S/C54H53ClF2N8O4/c1-30(2)48-29-65(20-22-69-48)37-9-12-39(46(56)25-37)45-27-42(51(58)62-49(45)55)35-8-11-40-44(24-35)47(28-60-54(40)68)61-52-43(34-7-10-38-36(23-34)13-16-59-53(38)67)26-41(50(57)63-52)33-5-3-31(4-6-33)32-14-17-64(18-15-32)19-21-66/h3-12,14,23-27,30,47-48,66H,13,15-22,28-29H2,1-2H3,(H2,58,62)(H,59,67)(H,60,68)(H,61,63)/t47?,48-/m0/s1. The number of nitrogens with zero attached hydrogens (tertiary/aromatic N) is 4. The lowest BCUT2D eigenvalue weighted by molar-refractivity contribution is 0.0114. The lowest BCUT2D eigenvalue weighted by atomic mass is 9.90. The first-order valence-corrected chi connectivity index (χ1v) is 23.9. The van der Waals surface area contributed by atoms with Gasteiger partial charge in [-0.1, -0.05) is 74.0 Å². The molecule has 1 unspecified atom stereocenters. The summed E-state index contributed by atoms with van der Waals surface area (Å²) in [5.41, 5.74) is 16.0. The highest BCUT2D eigenvalue weighted by molar-refractivity contribution is 6.32. The molecule has 2 atom stereocenters. The largest absolute Gasteiger partial charge is 0.395 e. The molecule has 1 saturated heterocycles. The molecule has 0 aliphatic carbocycles. The number of hydrogen-bond donors (Lipinski definition) is 5. The van der Waals surface area contributed by atoms with E-state index in [1.165, 1.54) is 11.6 Å². The summed E-state index contributed by atoms with van der Waals surface area (Å²) in [6.45, 7) is 9.09. The van der Waals surface area contributed by atoms with E-state index in [2.05, 4.69) is 55.6 Å². The Bertz CT molecular complexity index is 3020. The van der Waals surface area contributed by atoms with E-state index in [4.69, 9.17) is 22.1 Å². The highest BCUT2D eigenvalue weighted by atomic mass is 35.5. The predicted molar refractivity (Wildman–Crippen MR) is 267 cm³/mol. The molecule has 0 spiro atoms. The number of amides is 2. The maximum Gasteiger partial charge on any atom is 0.251 e. The summed E-state index contributed by atoms with van der Waals surface area (Å²) in [6, 6.07) is 26.7. The smallest absolute Gasteiger partial charge is 0.251 e. The van der Waals surface area contributed by atoms with Crippen molar-refractivity contribution in [3.63, 3.8) is 0 Å². The minimum atomic E-state index is -0.686. The van der Waals surface area contributed by atoms with Crippen molar-refractivity contribution in [1.29, 1.82) is 0 Å². The summed E-state index contributed by atoms with van der Waals surface area (Å²) in [5, 5.41) is 18.8. The molecule has 10 rings (SSSR count). The summed E-state index contributed by atoms with van der Waals surface area (Å²) < 4.78 is 38.6. The van der Waals surface area contributed by atoms with Gasteiger partial charge in [-0.25, -0.2) is 14.4 Å². The van der Waals surface area contributed by atoms with Crippen LogP contribution in [-0.2, 0) is 11.2 Å². The third-order valence-electron chi connectivity index (χ3n) is 13.8. The van der Waals surface area contributed by atoms with Crippen LogP contribution in [0, 0.1) is 17.7 Å². The van der Waals surface area contributed by atoms with Crippen molar-refractivity contribution >= 4 is 46.3 Å². The number of benzene rings is 4. The molecule has 6 aromatic rings. The van der Waals surface area contributed by atoms with Gasteiger partial charge in [-0.15, -0.1) is 0 Å². The number of ether oxygens (including phenoxy) is 1. The lowest BCUT2D eigenvalue weighted by Gasteiger charge is -2.36. The Balaban J connectivity index is 0.989. The fourth-order valence-electron chi connectivity index (χ4n) is 9.88. The summed E-state index contributed by atoms with van der Waals surface area (Å²) in [6.07, 6.45) is 3.70. The van der Waals surface area contributed by atoms with Crippen LogP contribution in [0.2, 0.25) is 5.15 Å². The van der Waals surface area contributed by atoms with E-state index in [1.807, 2.05) is 48.5 Å². The second-order valence-electron chi connectivity index (χ2n) is 18.4.